The van der Waals surface area contributed by atoms with Crippen LogP contribution in [-0.4, -0.2) is 24.5 Å². The Morgan fingerprint density at radius 1 is 1.00 bits per heavy atom. The van der Waals surface area contributed by atoms with Crippen molar-refractivity contribution in [3.63, 3.8) is 0 Å². The summed E-state index contributed by atoms with van der Waals surface area (Å²) in [6, 6.07) is 0. The second-order valence-corrected chi connectivity index (χ2v) is 6.00. The van der Waals surface area contributed by atoms with Crippen molar-refractivity contribution in [1.29, 1.82) is 0 Å². The van der Waals surface area contributed by atoms with E-state index in [1.807, 2.05) is 0 Å². The molecule has 0 aromatic carbocycles. The van der Waals surface area contributed by atoms with Gasteiger partial charge in [-0.2, -0.15) is 0 Å². The average molecular weight is 265 g/mol. The van der Waals surface area contributed by atoms with E-state index in [9.17, 15) is 0 Å². The minimum atomic E-state index is 0.864. The van der Waals surface area contributed by atoms with Gasteiger partial charge in [-0.05, 0) is 37.6 Å². The van der Waals surface area contributed by atoms with Crippen LogP contribution in [0.4, 0.5) is 0 Å². The molecule has 0 radical (unpaired) electrons. The van der Waals surface area contributed by atoms with Crippen LogP contribution in [0.1, 0.15) is 72.6 Å². The minimum Gasteiger partial charge on any atom is -0.302 e. The summed E-state index contributed by atoms with van der Waals surface area (Å²) in [4.78, 5) is 2.58. The molecule has 0 aliphatic carbocycles. The number of nitrogens with zero attached hydrogens (tertiary/aromatic N) is 1. The maximum atomic E-state index is 5.40. The first kappa shape index (κ1) is 18.5. The van der Waals surface area contributed by atoms with Crippen molar-refractivity contribution in [2.75, 3.05) is 19.6 Å². The predicted octanol–water partition coefficient (Wildman–Crippen LogP) is 4.96. The first-order chi connectivity index (χ1) is 9.17. The Bertz CT molecular complexity index is 228. The molecule has 0 rings (SSSR count). The van der Waals surface area contributed by atoms with Gasteiger partial charge in [0, 0.05) is 19.5 Å². The molecule has 0 aliphatic heterocycles. The molecule has 0 fully saturated rings. The van der Waals surface area contributed by atoms with Gasteiger partial charge in [0.2, 0.25) is 0 Å². The molecule has 0 saturated carbocycles. The molecule has 1 nitrogen and oxygen atoms in total. The lowest BCUT2D eigenvalue weighted by atomic mass is 9.92. The summed E-state index contributed by atoms with van der Waals surface area (Å²) in [5.74, 6) is 4.52. The Balaban J connectivity index is 4.21. The van der Waals surface area contributed by atoms with Gasteiger partial charge in [-0.1, -0.05) is 47.0 Å². The molecule has 0 N–H and O–H groups in total. The quantitative estimate of drug-likeness (QED) is 0.451. The molecule has 112 valence electrons. The van der Waals surface area contributed by atoms with Crippen molar-refractivity contribution in [3.05, 3.63) is 0 Å². The Kier molecular flexibility index (Phi) is 12.2. The molecule has 0 spiro atoms. The molecular formula is C18H35N. The molecule has 1 heteroatoms. The van der Waals surface area contributed by atoms with Crippen LogP contribution in [0, 0.1) is 24.2 Å². The summed E-state index contributed by atoms with van der Waals surface area (Å²) in [7, 11) is 0. The lowest BCUT2D eigenvalue weighted by Gasteiger charge is -2.27. The highest BCUT2D eigenvalue weighted by Gasteiger charge is 2.14. The van der Waals surface area contributed by atoms with Crippen LogP contribution in [0.3, 0.4) is 0 Å². The fourth-order valence-electron chi connectivity index (χ4n) is 2.66. The summed E-state index contributed by atoms with van der Waals surface area (Å²) in [5, 5.41) is 0. The number of hydrogen-bond donors (Lipinski definition) is 0. The molecule has 0 bridgehead atoms. The lowest BCUT2D eigenvalue weighted by Crippen LogP contribution is -2.31. The van der Waals surface area contributed by atoms with E-state index in [2.05, 4.69) is 38.5 Å². The third-order valence-electron chi connectivity index (χ3n) is 4.09. The standard InChI is InChI=1S/C18H35N/c1-6-10-15-19(14-8-3)16-18(11-7-2)13-12-17(5)9-4/h1,17-18H,7-16H2,2-5H3. The van der Waals surface area contributed by atoms with Gasteiger partial charge < -0.3 is 4.90 Å². The third-order valence-corrected chi connectivity index (χ3v) is 4.09. The zero-order valence-corrected chi connectivity index (χ0v) is 13.8. The zero-order valence-electron chi connectivity index (χ0n) is 13.8. The van der Waals surface area contributed by atoms with Gasteiger partial charge in [-0.15, -0.1) is 12.3 Å². The Hall–Kier alpha value is -0.480. The summed E-state index contributed by atoms with van der Waals surface area (Å²) in [6.45, 7) is 12.8. The smallest absolute Gasteiger partial charge is 0.0214 e. The molecule has 2 unspecified atom stereocenters. The van der Waals surface area contributed by atoms with Crippen LogP contribution >= 0.6 is 0 Å². The third kappa shape index (κ3) is 10.0. The molecule has 0 aliphatic rings. The van der Waals surface area contributed by atoms with Gasteiger partial charge in [0.05, 0.1) is 0 Å². The van der Waals surface area contributed by atoms with E-state index in [1.165, 1.54) is 51.6 Å². The molecular weight excluding hydrogens is 230 g/mol. The highest BCUT2D eigenvalue weighted by molar-refractivity contribution is 4.85. The normalized spacial score (nSPS) is 14.3. The predicted molar refractivity (Wildman–Crippen MR) is 87.3 cm³/mol. The largest absolute Gasteiger partial charge is 0.302 e. The maximum absolute atomic E-state index is 5.40. The highest BCUT2D eigenvalue weighted by atomic mass is 15.1. The van der Waals surface area contributed by atoms with E-state index in [-0.39, 0.29) is 0 Å². The monoisotopic (exact) mass is 265 g/mol. The number of rotatable bonds is 12. The van der Waals surface area contributed by atoms with Gasteiger partial charge in [0.15, 0.2) is 0 Å². The lowest BCUT2D eigenvalue weighted by molar-refractivity contribution is 0.214. The molecule has 0 saturated heterocycles. The topological polar surface area (TPSA) is 3.24 Å². The second-order valence-electron chi connectivity index (χ2n) is 6.00. The molecule has 0 heterocycles. The van der Waals surface area contributed by atoms with Gasteiger partial charge in [0.25, 0.3) is 0 Å². The van der Waals surface area contributed by atoms with Crippen LogP contribution in [0.25, 0.3) is 0 Å². The summed E-state index contributed by atoms with van der Waals surface area (Å²) >= 11 is 0. The van der Waals surface area contributed by atoms with E-state index in [0.29, 0.717) is 0 Å². The maximum Gasteiger partial charge on any atom is 0.0214 e. The van der Waals surface area contributed by atoms with Crippen molar-refractivity contribution in [1.82, 2.24) is 4.90 Å². The zero-order chi connectivity index (χ0) is 14.5. The first-order valence-corrected chi connectivity index (χ1v) is 8.33. The van der Waals surface area contributed by atoms with Gasteiger partial charge in [0.1, 0.15) is 0 Å². The van der Waals surface area contributed by atoms with E-state index in [1.54, 1.807) is 0 Å². The Morgan fingerprint density at radius 2 is 1.74 bits per heavy atom. The summed E-state index contributed by atoms with van der Waals surface area (Å²) < 4.78 is 0. The molecule has 0 aromatic rings. The SMILES string of the molecule is C#CCCN(CCC)CC(CCC)CCC(C)CC. The highest BCUT2D eigenvalue weighted by Crippen LogP contribution is 2.20. The van der Waals surface area contributed by atoms with E-state index in [0.717, 1.165) is 24.8 Å². The second kappa shape index (κ2) is 12.5. The summed E-state index contributed by atoms with van der Waals surface area (Å²) in [5.41, 5.74) is 0. The fourth-order valence-corrected chi connectivity index (χ4v) is 2.66. The van der Waals surface area contributed by atoms with Crippen LogP contribution < -0.4 is 0 Å². The van der Waals surface area contributed by atoms with E-state index in [4.69, 9.17) is 6.42 Å². The van der Waals surface area contributed by atoms with Crippen molar-refractivity contribution in [2.24, 2.45) is 11.8 Å². The minimum absolute atomic E-state index is 0.864. The number of hydrogen-bond acceptors (Lipinski definition) is 1. The van der Waals surface area contributed by atoms with Crippen LogP contribution in [-0.2, 0) is 0 Å². The average Bonchev–Trinajstić information content (AvgIpc) is 2.42. The molecule has 0 amide bonds. The van der Waals surface area contributed by atoms with Gasteiger partial charge in [-0.25, -0.2) is 0 Å². The Morgan fingerprint density at radius 3 is 2.26 bits per heavy atom. The molecule has 0 aromatic heterocycles. The van der Waals surface area contributed by atoms with Crippen LogP contribution in [0.2, 0.25) is 0 Å². The molecule has 2 atom stereocenters. The first-order valence-electron chi connectivity index (χ1n) is 8.33. The summed E-state index contributed by atoms with van der Waals surface area (Å²) in [6.07, 6.45) is 14.3. The van der Waals surface area contributed by atoms with Gasteiger partial charge >= 0.3 is 0 Å². The number of terminal acetylenes is 1. The van der Waals surface area contributed by atoms with Crippen molar-refractivity contribution < 1.29 is 0 Å². The van der Waals surface area contributed by atoms with E-state index >= 15 is 0 Å². The van der Waals surface area contributed by atoms with Crippen molar-refractivity contribution in [3.8, 4) is 12.3 Å². The van der Waals surface area contributed by atoms with Crippen molar-refractivity contribution in [2.45, 2.75) is 72.6 Å². The Labute approximate surface area is 122 Å². The van der Waals surface area contributed by atoms with E-state index < -0.39 is 0 Å². The van der Waals surface area contributed by atoms with Crippen LogP contribution in [0.15, 0.2) is 0 Å². The van der Waals surface area contributed by atoms with Crippen molar-refractivity contribution >= 4 is 0 Å². The molecule has 19 heavy (non-hydrogen) atoms. The fraction of sp³-hybridized carbons (Fsp3) is 0.889. The van der Waals surface area contributed by atoms with Gasteiger partial charge in [-0.3, -0.25) is 0 Å². The van der Waals surface area contributed by atoms with Crippen LogP contribution in [0.5, 0.6) is 0 Å².